The molecule has 0 saturated carbocycles. The largest absolute Gasteiger partial charge is 0.398 e. The van der Waals surface area contributed by atoms with E-state index < -0.39 is 16.1 Å². The molecule has 1 aromatic carbocycles. The first-order valence-corrected chi connectivity index (χ1v) is 7.47. The van der Waals surface area contributed by atoms with Crippen LogP contribution in [0.15, 0.2) is 24.3 Å². The van der Waals surface area contributed by atoms with Gasteiger partial charge >= 0.3 is 0 Å². The van der Waals surface area contributed by atoms with E-state index in [-0.39, 0.29) is 11.8 Å². The summed E-state index contributed by atoms with van der Waals surface area (Å²) in [5.41, 5.74) is 6.75. The summed E-state index contributed by atoms with van der Waals surface area (Å²) in [7, 11) is -3.44. The Balaban J connectivity index is 2.68. The molecule has 0 aliphatic carbocycles. The molecule has 0 heterocycles. The van der Waals surface area contributed by atoms with E-state index in [0.717, 1.165) is 0 Å². The van der Waals surface area contributed by atoms with Crippen molar-refractivity contribution in [2.24, 2.45) is 0 Å². The molecule has 0 aliphatic heterocycles. The average molecular weight is 272 g/mol. The normalized spacial score (nSPS) is 15.3. The van der Waals surface area contributed by atoms with Crippen LogP contribution in [0.5, 0.6) is 0 Å². The fourth-order valence-corrected chi connectivity index (χ4v) is 3.24. The quantitative estimate of drug-likeness (QED) is 0.669. The highest BCUT2D eigenvalue weighted by Gasteiger charge is 2.17. The van der Waals surface area contributed by atoms with Gasteiger partial charge < -0.3 is 10.8 Å². The number of rotatable bonds is 6. The number of sulfonamides is 1. The monoisotopic (exact) mass is 272 g/mol. The van der Waals surface area contributed by atoms with Crippen molar-refractivity contribution in [2.45, 2.75) is 38.2 Å². The zero-order valence-electron chi connectivity index (χ0n) is 10.6. The van der Waals surface area contributed by atoms with Crippen LogP contribution in [0.2, 0.25) is 0 Å². The first-order chi connectivity index (χ1) is 8.30. The summed E-state index contributed by atoms with van der Waals surface area (Å²) in [5, 5.41) is 9.20. The number of nitrogens with two attached hydrogens (primary N) is 1. The highest BCUT2D eigenvalue weighted by atomic mass is 32.2. The van der Waals surface area contributed by atoms with E-state index in [0.29, 0.717) is 17.7 Å². The van der Waals surface area contributed by atoms with Crippen molar-refractivity contribution in [3.05, 3.63) is 29.8 Å². The second-order valence-electron chi connectivity index (χ2n) is 4.56. The minimum absolute atomic E-state index is 0.149. The molecule has 4 N–H and O–H groups in total. The van der Waals surface area contributed by atoms with Crippen molar-refractivity contribution in [3.63, 3.8) is 0 Å². The van der Waals surface area contributed by atoms with Crippen LogP contribution in [0, 0.1) is 0 Å². The number of hydrogen-bond acceptors (Lipinski definition) is 4. The molecule has 0 spiro atoms. The Morgan fingerprint density at radius 3 is 2.50 bits per heavy atom. The maximum Gasteiger partial charge on any atom is 0.216 e. The molecule has 0 radical (unpaired) electrons. The van der Waals surface area contributed by atoms with Crippen LogP contribution in [0.1, 0.15) is 25.8 Å². The maximum atomic E-state index is 11.9. The first kappa shape index (κ1) is 14.9. The fraction of sp³-hybridized carbons (Fsp3) is 0.500. The lowest BCUT2D eigenvalue weighted by Gasteiger charge is -2.16. The van der Waals surface area contributed by atoms with E-state index in [1.807, 2.05) is 0 Å². The molecule has 0 bridgehead atoms. The van der Waals surface area contributed by atoms with E-state index in [9.17, 15) is 13.5 Å². The van der Waals surface area contributed by atoms with E-state index in [4.69, 9.17) is 5.73 Å². The molecular formula is C12H20N2O3S. The van der Waals surface area contributed by atoms with Crippen LogP contribution < -0.4 is 10.5 Å². The van der Waals surface area contributed by atoms with Crippen molar-refractivity contribution < 1.29 is 13.5 Å². The van der Waals surface area contributed by atoms with Gasteiger partial charge in [-0.1, -0.05) is 18.2 Å². The highest BCUT2D eigenvalue weighted by molar-refractivity contribution is 7.88. The maximum absolute atomic E-state index is 11.9. The molecule has 18 heavy (non-hydrogen) atoms. The summed E-state index contributed by atoms with van der Waals surface area (Å²) in [6.07, 6.45) is -0.159. The van der Waals surface area contributed by atoms with Gasteiger partial charge in [-0.15, -0.1) is 0 Å². The zero-order valence-corrected chi connectivity index (χ0v) is 11.4. The summed E-state index contributed by atoms with van der Waals surface area (Å²) in [5.74, 6) is -0.149. The molecule has 0 fully saturated rings. The molecule has 2 unspecified atom stereocenters. The molecular weight excluding hydrogens is 252 g/mol. The van der Waals surface area contributed by atoms with Crippen molar-refractivity contribution in [3.8, 4) is 0 Å². The summed E-state index contributed by atoms with van der Waals surface area (Å²) in [4.78, 5) is 0. The number of benzene rings is 1. The van der Waals surface area contributed by atoms with Gasteiger partial charge in [0.15, 0.2) is 0 Å². The standard InChI is InChI=1S/C12H20N2O3S/c1-9(7-10(2)15)14-18(16,17)8-11-5-3-4-6-12(11)13/h3-6,9-10,14-15H,7-8,13H2,1-2H3. The molecule has 0 aromatic heterocycles. The summed E-state index contributed by atoms with van der Waals surface area (Å²) in [6.45, 7) is 3.35. The van der Waals surface area contributed by atoms with Crippen LogP contribution in [0.4, 0.5) is 5.69 Å². The molecule has 6 heteroatoms. The van der Waals surface area contributed by atoms with Gasteiger partial charge in [0.25, 0.3) is 0 Å². The number of anilines is 1. The molecule has 0 aliphatic rings. The van der Waals surface area contributed by atoms with Gasteiger partial charge in [0.05, 0.1) is 11.9 Å². The Morgan fingerprint density at radius 2 is 1.94 bits per heavy atom. The van der Waals surface area contributed by atoms with Crippen molar-refractivity contribution in [1.82, 2.24) is 4.72 Å². The SMILES string of the molecule is CC(O)CC(C)NS(=O)(=O)Cc1ccccc1N. The van der Waals surface area contributed by atoms with Gasteiger partial charge in [0.2, 0.25) is 10.0 Å². The number of aliphatic hydroxyl groups is 1. The summed E-state index contributed by atoms with van der Waals surface area (Å²) < 4.78 is 26.3. The molecule has 1 aromatic rings. The zero-order chi connectivity index (χ0) is 13.8. The van der Waals surface area contributed by atoms with Crippen LogP contribution in [-0.2, 0) is 15.8 Å². The van der Waals surface area contributed by atoms with E-state index in [1.165, 1.54) is 0 Å². The smallest absolute Gasteiger partial charge is 0.216 e. The lowest BCUT2D eigenvalue weighted by molar-refractivity contribution is 0.175. The predicted octanol–water partition coefficient (Wildman–Crippen LogP) is 0.848. The Labute approximate surface area is 108 Å². The Bertz CT molecular complexity index is 486. The second-order valence-corrected chi connectivity index (χ2v) is 6.32. The van der Waals surface area contributed by atoms with E-state index in [1.54, 1.807) is 38.1 Å². The average Bonchev–Trinajstić information content (AvgIpc) is 2.18. The molecule has 102 valence electrons. The van der Waals surface area contributed by atoms with Gasteiger partial charge in [-0.05, 0) is 31.9 Å². The lowest BCUT2D eigenvalue weighted by atomic mass is 10.2. The molecule has 2 atom stereocenters. The number of hydrogen-bond donors (Lipinski definition) is 3. The number of aliphatic hydroxyl groups excluding tert-OH is 1. The minimum Gasteiger partial charge on any atom is -0.398 e. The van der Waals surface area contributed by atoms with Crippen molar-refractivity contribution in [1.29, 1.82) is 0 Å². The first-order valence-electron chi connectivity index (χ1n) is 5.81. The molecule has 1 rings (SSSR count). The third-order valence-electron chi connectivity index (χ3n) is 2.48. The van der Waals surface area contributed by atoms with Crippen LogP contribution in [0.3, 0.4) is 0 Å². The summed E-state index contributed by atoms with van der Waals surface area (Å²) in [6, 6.07) is 6.56. The van der Waals surface area contributed by atoms with E-state index in [2.05, 4.69) is 4.72 Å². The lowest BCUT2D eigenvalue weighted by Crippen LogP contribution is -2.35. The third-order valence-corrected chi connectivity index (χ3v) is 3.93. The Hall–Kier alpha value is -1.11. The predicted molar refractivity (Wildman–Crippen MR) is 72.4 cm³/mol. The van der Waals surface area contributed by atoms with Crippen LogP contribution in [0.25, 0.3) is 0 Å². The number of nitrogen functional groups attached to an aromatic ring is 1. The summed E-state index contributed by atoms with van der Waals surface area (Å²) >= 11 is 0. The van der Waals surface area contributed by atoms with Crippen LogP contribution in [-0.4, -0.2) is 25.7 Å². The Kier molecular flexibility index (Phi) is 5.13. The molecule has 5 nitrogen and oxygen atoms in total. The Morgan fingerprint density at radius 1 is 1.33 bits per heavy atom. The molecule has 0 amide bonds. The van der Waals surface area contributed by atoms with Gasteiger partial charge in [-0.25, -0.2) is 13.1 Å². The second kappa shape index (κ2) is 6.17. The number of nitrogens with one attached hydrogen (secondary N) is 1. The molecule has 0 saturated heterocycles. The number of para-hydroxylation sites is 1. The minimum atomic E-state index is -3.44. The van der Waals surface area contributed by atoms with Gasteiger partial charge in [0.1, 0.15) is 0 Å². The fourth-order valence-electron chi connectivity index (χ4n) is 1.78. The third kappa shape index (κ3) is 5.03. The van der Waals surface area contributed by atoms with Gasteiger partial charge in [-0.2, -0.15) is 0 Å². The van der Waals surface area contributed by atoms with E-state index >= 15 is 0 Å². The van der Waals surface area contributed by atoms with Crippen molar-refractivity contribution >= 4 is 15.7 Å². The van der Waals surface area contributed by atoms with Crippen molar-refractivity contribution in [2.75, 3.05) is 5.73 Å². The van der Waals surface area contributed by atoms with Gasteiger partial charge in [0, 0.05) is 11.7 Å². The topological polar surface area (TPSA) is 92.4 Å². The van der Waals surface area contributed by atoms with Gasteiger partial charge in [-0.3, -0.25) is 0 Å². The highest BCUT2D eigenvalue weighted by Crippen LogP contribution is 2.14. The van der Waals surface area contributed by atoms with Crippen LogP contribution >= 0.6 is 0 Å².